The first kappa shape index (κ1) is 20.3. The molecule has 5 heteroatoms. The largest absolute Gasteiger partial charge is 0.478 e. The summed E-state index contributed by atoms with van der Waals surface area (Å²) in [4.78, 5) is 18.0. The summed E-state index contributed by atoms with van der Waals surface area (Å²) in [6, 6.07) is 24.0. The van der Waals surface area contributed by atoms with Gasteiger partial charge in [0, 0.05) is 25.8 Å². The van der Waals surface area contributed by atoms with Crippen LogP contribution in [0, 0.1) is 0 Å². The Balaban J connectivity index is 1.40. The number of carboxylic acids is 1. The number of hydrogen-bond acceptors (Lipinski definition) is 4. The number of aromatic carboxylic acids is 1. The fraction of sp³-hybridized carbons (Fsp3) is 0.280. The lowest BCUT2D eigenvalue weighted by Gasteiger charge is -2.34. The van der Waals surface area contributed by atoms with Gasteiger partial charge in [0.15, 0.2) is 0 Å². The summed E-state index contributed by atoms with van der Waals surface area (Å²) in [6.07, 6.45) is 3.55. The Morgan fingerprint density at radius 3 is 2.13 bits per heavy atom. The summed E-state index contributed by atoms with van der Waals surface area (Å²) in [5.74, 6) is -0.926. The number of aromatic nitrogens is 1. The zero-order chi connectivity index (χ0) is 20.8. The van der Waals surface area contributed by atoms with Gasteiger partial charge >= 0.3 is 5.97 Å². The second-order valence-electron chi connectivity index (χ2n) is 7.62. The first-order chi connectivity index (χ1) is 14.7. The van der Waals surface area contributed by atoms with Gasteiger partial charge in [0.1, 0.15) is 6.10 Å². The highest BCUT2D eigenvalue weighted by Crippen LogP contribution is 2.30. The Labute approximate surface area is 177 Å². The number of piperidine rings is 1. The van der Waals surface area contributed by atoms with Crippen molar-refractivity contribution < 1.29 is 14.6 Å². The number of rotatable bonds is 7. The molecule has 0 unspecified atom stereocenters. The maximum atomic E-state index is 11.4. The zero-order valence-corrected chi connectivity index (χ0v) is 16.9. The summed E-state index contributed by atoms with van der Waals surface area (Å²) in [5.41, 5.74) is 3.22. The van der Waals surface area contributed by atoms with Crippen molar-refractivity contribution in [1.82, 2.24) is 9.88 Å². The Morgan fingerprint density at radius 2 is 1.57 bits per heavy atom. The van der Waals surface area contributed by atoms with Gasteiger partial charge < -0.3 is 9.84 Å². The third-order valence-corrected chi connectivity index (χ3v) is 5.56. The molecule has 4 rings (SSSR count). The van der Waals surface area contributed by atoms with E-state index in [0.29, 0.717) is 12.2 Å². The lowest BCUT2D eigenvalue weighted by Crippen LogP contribution is -2.37. The first-order valence-electron chi connectivity index (χ1n) is 10.4. The van der Waals surface area contributed by atoms with Crippen LogP contribution in [0.5, 0.6) is 0 Å². The third kappa shape index (κ3) is 4.93. The van der Waals surface area contributed by atoms with E-state index in [0.717, 1.165) is 37.1 Å². The average Bonchev–Trinajstić information content (AvgIpc) is 2.80. The fourth-order valence-corrected chi connectivity index (χ4v) is 3.97. The molecule has 1 aromatic heterocycles. The molecule has 0 bridgehead atoms. The van der Waals surface area contributed by atoms with Gasteiger partial charge in [-0.25, -0.2) is 4.79 Å². The van der Waals surface area contributed by atoms with E-state index < -0.39 is 5.97 Å². The fourth-order valence-electron chi connectivity index (χ4n) is 3.97. The first-order valence-corrected chi connectivity index (χ1v) is 10.4. The van der Waals surface area contributed by atoms with Gasteiger partial charge in [0.05, 0.1) is 17.4 Å². The van der Waals surface area contributed by atoms with Crippen molar-refractivity contribution in [2.45, 2.75) is 31.6 Å². The van der Waals surface area contributed by atoms with Gasteiger partial charge in [-0.05, 0) is 36.1 Å². The van der Waals surface area contributed by atoms with Crippen LogP contribution in [0.15, 0.2) is 79.0 Å². The molecule has 0 amide bonds. The van der Waals surface area contributed by atoms with Crippen LogP contribution >= 0.6 is 0 Å². The molecule has 30 heavy (non-hydrogen) atoms. The number of ether oxygens (including phenoxy) is 1. The van der Waals surface area contributed by atoms with Crippen LogP contribution in [0.4, 0.5) is 0 Å². The molecule has 5 nitrogen and oxygen atoms in total. The lowest BCUT2D eigenvalue weighted by molar-refractivity contribution is -0.0283. The SMILES string of the molecule is O=C(O)c1cccnc1CN1CCC(OC(c2ccccc2)c2ccccc2)CC1. The van der Waals surface area contributed by atoms with E-state index in [1.54, 1.807) is 18.3 Å². The van der Waals surface area contributed by atoms with Crippen LogP contribution in [0.2, 0.25) is 0 Å². The van der Waals surface area contributed by atoms with E-state index in [4.69, 9.17) is 4.74 Å². The van der Waals surface area contributed by atoms with Gasteiger partial charge in [0.25, 0.3) is 0 Å². The number of carbonyl (C=O) groups is 1. The Kier molecular flexibility index (Phi) is 6.52. The van der Waals surface area contributed by atoms with Crippen LogP contribution in [0.25, 0.3) is 0 Å². The maximum absolute atomic E-state index is 11.4. The summed E-state index contributed by atoms with van der Waals surface area (Å²) >= 11 is 0. The molecule has 1 saturated heterocycles. The molecule has 0 aliphatic carbocycles. The molecule has 1 aliphatic rings. The van der Waals surface area contributed by atoms with E-state index in [9.17, 15) is 9.90 Å². The van der Waals surface area contributed by atoms with E-state index in [-0.39, 0.29) is 17.8 Å². The van der Waals surface area contributed by atoms with Crippen molar-refractivity contribution in [3.8, 4) is 0 Å². The molecule has 0 radical (unpaired) electrons. The molecular weight excluding hydrogens is 376 g/mol. The molecule has 2 aromatic carbocycles. The number of likely N-dealkylation sites (tertiary alicyclic amines) is 1. The van der Waals surface area contributed by atoms with Crippen LogP contribution in [-0.2, 0) is 11.3 Å². The highest BCUT2D eigenvalue weighted by atomic mass is 16.5. The predicted molar refractivity (Wildman–Crippen MR) is 115 cm³/mol. The van der Waals surface area contributed by atoms with Crippen molar-refractivity contribution in [1.29, 1.82) is 0 Å². The quantitative estimate of drug-likeness (QED) is 0.628. The van der Waals surface area contributed by atoms with Gasteiger partial charge in [-0.3, -0.25) is 9.88 Å². The highest BCUT2D eigenvalue weighted by molar-refractivity contribution is 5.88. The summed E-state index contributed by atoms with van der Waals surface area (Å²) in [7, 11) is 0. The van der Waals surface area contributed by atoms with E-state index in [1.165, 1.54) is 0 Å². The monoisotopic (exact) mass is 402 g/mol. The minimum Gasteiger partial charge on any atom is -0.478 e. The highest BCUT2D eigenvalue weighted by Gasteiger charge is 2.25. The van der Waals surface area contributed by atoms with Crippen molar-refractivity contribution >= 4 is 5.97 Å². The van der Waals surface area contributed by atoms with Crippen LogP contribution in [-0.4, -0.2) is 40.2 Å². The van der Waals surface area contributed by atoms with Crippen molar-refractivity contribution in [3.05, 3.63) is 101 Å². The van der Waals surface area contributed by atoms with E-state index in [2.05, 4.69) is 34.1 Å². The van der Waals surface area contributed by atoms with Crippen molar-refractivity contribution in [2.24, 2.45) is 0 Å². The second kappa shape index (κ2) is 9.65. The van der Waals surface area contributed by atoms with Gasteiger partial charge in [0.2, 0.25) is 0 Å². The van der Waals surface area contributed by atoms with Crippen LogP contribution in [0.1, 0.15) is 46.1 Å². The van der Waals surface area contributed by atoms with Crippen LogP contribution < -0.4 is 0 Å². The predicted octanol–water partition coefficient (Wildman–Crippen LogP) is 4.55. The number of carboxylic acid groups (broad SMARTS) is 1. The molecule has 1 aliphatic heterocycles. The standard InChI is InChI=1S/C25H26N2O3/c28-25(29)22-12-7-15-26-23(22)18-27-16-13-21(14-17-27)30-24(19-8-3-1-4-9-19)20-10-5-2-6-11-20/h1-12,15,21,24H,13-14,16-18H2,(H,28,29). The summed E-state index contributed by atoms with van der Waals surface area (Å²) in [5, 5.41) is 9.37. The number of pyridine rings is 1. The Hall–Kier alpha value is -3.02. The third-order valence-electron chi connectivity index (χ3n) is 5.56. The summed E-state index contributed by atoms with van der Waals surface area (Å²) < 4.78 is 6.59. The van der Waals surface area contributed by atoms with E-state index >= 15 is 0 Å². The smallest absolute Gasteiger partial charge is 0.337 e. The lowest BCUT2D eigenvalue weighted by atomic mass is 10.00. The van der Waals surface area contributed by atoms with Crippen molar-refractivity contribution in [3.63, 3.8) is 0 Å². The second-order valence-corrected chi connectivity index (χ2v) is 7.62. The zero-order valence-electron chi connectivity index (χ0n) is 16.9. The average molecular weight is 402 g/mol. The normalized spacial score (nSPS) is 15.4. The maximum Gasteiger partial charge on any atom is 0.337 e. The molecule has 0 atom stereocenters. The Bertz CT molecular complexity index is 915. The molecule has 2 heterocycles. The molecule has 1 fully saturated rings. The summed E-state index contributed by atoms with van der Waals surface area (Å²) in [6.45, 7) is 2.27. The molecule has 3 aromatic rings. The molecule has 0 saturated carbocycles. The van der Waals surface area contributed by atoms with Gasteiger partial charge in [-0.15, -0.1) is 0 Å². The number of benzene rings is 2. The number of nitrogens with zero attached hydrogens (tertiary/aromatic N) is 2. The van der Waals surface area contributed by atoms with Crippen LogP contribution in [0.3, 0.4) is 0 Å². The topological polar surface area (TPSA) is 62.7 Å². The molecule has 154 valence electrons. The van der Waals surface area contributed by atoms with Gasteiger partial charge in [-0.1, -0.05) is 60.7 Å². The molecular formula is C25H26N2O3. The minimum atomic E-state index is -0.926. The van der Waals surface area contributed by atoms with E-state index in [1.807, 2.05) is 36.4 Å². The molecule has 1 N–H and O–H groups in total. The van der Waals surface area contributed by atoms with Crippen molar-refractivity contribution in [2.75, 3.05) is 13.1 Å². The minimum absolute atomic E-state index is 0.0849. The number of hydrogen-bond donors (Lipinski definition) is 1. The molecule has 0 spiro atoms. The Morgan fingerprint density at radius 1 is 0.967 bits per heavy atom. The van der Waals surface area contributed by atoms with Gasteiger partial charge in [-0.2, -0.15) is 0 Å².